The van der Waals surface area contributed by atoms with Crippen molar-refractivity contribution in [2.75, 3.05) is 0 Å². The monoisotopic (exact) mass is 999 g/mol. The van der Waals surface area contributed by atoms with Crippen molar-refractivity contribution in [3.05, 3.63) is 221 Å². The third-order valence-corrected chi connectivity index (χ3v) is 17.5. The summed E-state index contributed by atoms with van der Waals surface area (Å²) >= 11 is 2.02. The quantitative estimate of drug-likeness (QED) is 0.125. The number of hydrogen-bond acceptors (Lipinski definition) is 3. The summed E-state index contributed by atoms with van der Waals surface area (Å²) in [6.45, 7) is 8.87. The van der Waals surface area contributed by atoms with Crippen LogP contribution in [-0.2, 0) is 6.54 Å². The molecule has 4 aliphatic carbocycles. The molecule has 0 N–H and O–H groups in total. The lowest BCUT2D eigenvalue weighted by molar-refractivity contribution is 0.668. The molecule has 2 fully saturated rings. The van der Waals surface area contributed by atoms with Gasteiger partial charge in [-0.2, -0.15) is 4.99 Å². The fraction of sp³-hybridized carbons (Fsp3) is 0.145. The average molecular weight is 1000 g/mol. The average Bonchev–Trinajstić information content (AvgIpc) is 4.38. The molecule has 366 valence electrons. The van der Waals surface area contributed by atoms with E-state index in [2.05, 4.69) is 218 Å². The second-order valence-electron chi connectivity index (χ2n) is 21.0. The number of benzene rings is 8. The third kappa shape index (κ3) is 7.16. The first-order valence-corrected chi connectivity index (χ1v) is 27.7. The van der Waals surface area contributed by atoms with E-state index in [0.717, 1.165) is 83.5 Å². The van der Waals surface area contributed by atoms with Crippen LogP contribution in [-0.4, -0.2) is 27.8 Å². The highest BCUT2D eigenvalue weighted by atomic mass is 32.1. The highest BCUT2D eigenvalue weighted by molar-refractivity contribution is 7.20. The molecule has 4 aromatic heterocycles. The number of nitrogens with zero attached hydrogens (tertiary/aromatic N) is 5. The fourth-order valence-corrected chi connectivity index (χ4v) is 14.0. The summed E-state index contributed by atoms with van der Waals surface area (Å²) in [7, 11) is 0. The van der Waals surface area contributed by atoms with Crippen LogP contribution in [0.15, 0.2) is 214 Å². The molecular weight excluding hydrogens is 947 g/mol. The predicted octanol–water partition coefficient (Wildman–Crippen LogP) is 18.4. The van der Waals surface area contributed by atoms with Crippen LogP contribution >= 0.6 is 11.3 Å². The van der Waals surface area contributed by atoms with Gasteiger partial charge in [0.2, 0.25) is 11.9 Å². The van der Waals surface area contributed by atoms with Crippen molar-refractivity contribution in [2.45, 2.75) is 45.6 Å². The Morgan fingerprint density at radius 1 is 0.592 bits per heavy atom. The van der Waals surface area contributed by atoms with E-state index in [1.165, 1.54) is 61.9 Å². The van der Waals surface area contributed by atoms with Gasteiger partial charge in [-0.3, -0.25) is 9.13 Å². The number of rotatable bonds is 5. The minimum atomic E-state index is 0.366. The molecule has 2 saturated carbocycles. The Hall–Kier alpha value is -8.65. The molecule has 12 aromatic rings. The maximum atomic E-state index is 6.34. The third-order valence-electron chi connectivity index (χ3n) is 16.1. The summed E-state index contributed by atoms with van der Waals surface area (Å²) in [5.41, 5.74) is 15.9. The summed E-state index contributed by atoms with van der Waals surface area (Å²) in [6.07, 6.45) is 13.5. The first kappa shape index (κ1) is 44.8. The molecule has 0 aliphatic heterocycles. The first-order valence-electron chi connectivity index (χ1n) is 26.8. The van der Waals surface area contributed by atoms with Crippen LogP contribution in [0, 0.1) is 17.8 Å². The summed E-state index contributed by atoms with van der Waals surface area (Å²) < 4.78 is 12.2. The van der Waals surface area contributed by atoms with E-state index in [4.69, 9.17) is 19.4 Å². The molecule has 76 heavy (non-hydrogen) atoms. The van der Waals surface area contributed by atoms with Gasteiger partial charge in [0, 0.05) is 58.8 Å². The largest absolute Gasteiger partial charge is 0.456 e. The molecule has 4 atom stereocenters. The number of thiophene rings is 1. The Kier molecular flexibility index (Phi) is 10.5. The van der Waals surface area contributed by atoms with E-state index in [-0.39, 0.29) is 0 Å². The molecule has 4 unspecified atom stereocenters. The van der Waals surface area contributed by atoms with Gasteiger partial charge in [0.05, 0.1) is 28.6 Å². The lowest BCUT2D eigenvalue weighted by atomic mass is 9.88. The normalized spacial score (nSPS) is 18.7. The van der Waals surface area contributed by atoms with E-state index in [1.807, 2.05) is 23.5 Å². The van der Waals surface area contributed by atoms with Crippen LogP contribution in [0.25, 0.3) is 104 Å². The molecule has 16 rings (SSSR count). The number of allylic oxidation sites excluding steroid dienone is 5. The molecular formula is C69H53N5OS. The Morgan fingerprint density at radius 2 is 1.22 bits per heavy atom. The van der Waals surface area contributed by atoms with Crippen LogP contribution in [0.5, 0.6) is 0 Å². The van der Waals surface area contributed by atoms with Gasteiger partial charge >= 0.3 is 0 Å². The number of hydrogen-bond donors (Lipinski definition) is 0. The van der Waals surface area contributed by atoms with Gasteiger partial charge in [0.25, 0.3) is 0 Å². The Balaban J connectivity index is 0.00000165. The Labute approximate surface area is 444 Å². The molecule has 0 radical (unpaired) electrons. The van der Waals surface area contributed by atoms with Crippen LogP contribution in [0.1, 0.15) is 66.2 Å². The number of aliphatic imine (C=N–C) groups is 3. The van der Waals surface area contributed by atoms with Crippen molar-refractivity contribution in [1.29, 1.82) is 0 Å². The second-order valence-corrected chi connectivity index (χ2v) is 22.0. The molecule has 0 bridgehead atoms. The smallest absolute Gasteiger partial charge is 0.237 e. The first-order chi connectivity index (χ1) is 37.5. The topological polar surface area (TPSA) is 60.1 Å². The van der Waals surface area contributed by atoms with E-state index < -0.39 is 0 Å². The van der Waals surface area contributed by atoms with Gasteiger partial charge in [-0.25, -0.2) is 9.98 Å². The van der Waals surface area contributed by atoms with Crippen molar-refractivity contribution >= 4 is 123 Å². The van der Waals surface area contributed by atoms with Crippen LogP contribution < -0.4 is 0 Å². The van der Waals surface area contributed by atoms with Crippen molar-refractivity contribution in [3.63, 3.8) is 0 Å². The predicted molar refractivity (Wildman–Crippen MR) is 322 cm³/mol. The van der Waals surface area contributed by atoms with E-state index in [1.54, 1.807) is 4.88 Å². The summed E-state index contributed by atoms with van der Waals surface area (Å²) in [5, 5.41) is 8.12. The SMILES string of the molecule is C=N/C(=N\C(=NCc1ccc2c(c1)oc1ccccc12)n1c2ccccc2c2ccccc21)n1c2ccccc2c2cccc(C3=CC(c4cccc(-c5cccc6c7c(sc56)C5CC5C=C7)c4)=CC4CC34)c21.CCC. The molecule has 7 heteroatoms. The fourth-order valence-electron chi connectivity index (χ4n) is 12.4. The second kappa shape index (κ2) is 17.7. The summed E-state index contributed by atoms with van der Waals surface area (Å²) in [5.74, 6) is 3.30. The molecule has 0 saturated heterocycles. The zero-order chi connectivity index (χ0) is 50.6. The molecule has 4 aliphatic rings. The van der Waals surface area contributed by atoms with Crippen molar-refractivity contribution in [2.24, 2.45) is 32.7 Å². The van der Waals surface area contributed by atoms with Gasteiger partial charge in [-0.15, -0.1) is 11.3 Å². The summed E-state index contributed by atoms with van der Waals surface area (Å²) in [4.78, 5) is 17.4. The van der Waals surface area contributed by atoms with Crippen LogP contribution in [0.3, 0.4) is 0 Å². The van der Waals surface area contributed by atoms with Crippen molar-refractivity contribution < 1.29 is 4.42 Å². The number of para-hydroxylation sites is 5. The highest BCUT2D eigenvalue weighted by Gasteiger charge is 2.43. The van der Waals surface area contributed by atoms with Crippen LogP contribution in [0.2, 0.25) is 0 Å². The van der Waals surface area contributed by atoms with Gasteiger partial charge < -0.3 is 4.42 Å². The van der Waals surface area contributed by atoms with E-state index in [9.17, 15) is 0 Å². The number of aromatic nitrogens is 2. The molecule has 6 nitrogen and oxygen atoms in total. The van der Waals surface area contributed by atoms with Crippen LogP contribution in [0.4, 0.5) is 0 Å². The van der Waals surface area contributed by atoms with Crippen molar-refractivity contribution in [1.82, 2.24) is 9.13 Å². The minimum Gasteiger partial charge on any atom is -0.456 e. The van der Waals surface area contributed by atoms with Gasteiger partial charge in [-0.1, -0.05) is 184 Å². The van der Waals surface area contributed by atoms with Gasteiger partial charge in [0.1, 0.15) is 11.2 Å². The standard InChI is InChI=1S/C66H45N5OS.C3H8/c1-67-65(69-66(70-57-23-6-2-15-45(57)46-16-3-7-24-58(46)70)68-37-38-27-29-49-48-18-5-9-26-60(48)72-61(49)31-38)71-59-25-8-4-17-47(59)50-20-12-21-51(62(50)71)56-35-42(33-43-36-54(43)56)39-13-10-14-40(32-39)44-19-11-22-52-53-30-28-41-34-55(41)64(53)73-63(44)52;1-3-2/h2-33,35,41,43,54-55H,1,34,36-37H2;3H2,1-2H3/b68-66?,69-65+;. The summed E-state index contributed by atoms with van der Waals surface area (Å²) in [6, 6.07) is 63.1. The van der Waals surface area contributed by atoms with Gasteiger partial charge in [-0.05, 0) is 113 Å². The number of furan rings is 1. The molecule has 0 spiro atoms. The zero-order valence-corrected chi connectivity index (χ0v) is 43.3. The maximum Gasteiger partial charge on any atom is 0.237 e. The van der Waals surface area contributed by atoms with E-state index in [0.29, 0.717) is 36.2 Å². The highest BCUT2D eigenvalue weighted by Crippen LogP contribution is 2.58. The lowest BCUT2D eigenvalue weighted by Crippen LogP contribution is -2.17. The lowest BCUT2D eigenvalue weighted by Gasteiger charge is -2.18. The molecule has 0 amide bonds. The number of fused-ring (bicyclic) bond motifs is 15. The van der Waals surface area contributed by atoms with Gasteiger partial charge in [0.15, 0.2) is 0 Å². The Bertz CT molecular complexity index is 4510. The molecule has 4 heterocycles. The minimum absolute atomic E-state index is 0.366. The van der Waals surface area contributed by atoms with E-state index >= 15 is 0 Å². The maximum absolute atomic E-state index is 6.34. The van der Waals surface area contributed by atoms with Crippen molar-refractivity contribution in [3.8, 4) is 11.1 Å². The zero-order valence-electron chi connectivity index (χ0n) is 42.5. The molecule has 8 aromatic carbocycles. The Morgan fingerprint density at radius 3 is 2.00 bits per heavy atom.